The number of anilines is 2. The first-order chi connectivity index (χ1) is 13.1. The van der Waals surface area contributed by atoms with Gasteiger partial charge in [-0.25, -0.2) is 9.88 Å². The molecule has 2 aliphatic rings. The number of carbonyl (C=O) groups excluding carboxylic acids is 2. The third kappa shape index (κ3) is 3.31. The van der Waals surface area contributed by atoms with Crippen molar-refractivity contribution in [3.8, 4) is 0 Å². The van der Waals surface area contributed by atoms with Crippen LogP contribution in [0.1, 0.15) is 12.0 Å². The molecule has 2 aromatic rings. The van der Waals surface area contributed by atoms with Crippen molar-refractivity contribution in [2.24, 2.45) is 0 Å². The molecule has 2 aliphatic heterocycles. The SMILES string of the molecule is Cc1c(Cl)cccc1N1C(=O)C[C@@H](N2CCN(c3ccccn3)CC2)C1=O. The minimum absolute atomic E-state index is 0.156. The number of aromatic nitrogens is 1. The number of carbonyl (C=O) groups is 2. The lowest BCUT2D eigenvalue weighted by Gasteiger charge is -2.37. The number of halogens is 1. The highest BCUT2D eigenvalue weighted by Gasteiger charge is 2.43. The van der Waals surface area contributed by atoms with Crippen molar-refractivity contribution < 1.29 is 9.59 Å². The third-order valence-corrected chi connectivity index (χ3v) is 5.74. The smallest absolute Gasteiger partial charge is 0.251 e. The van der Waals surface area contributed by atoms with Crippen LogP contribution in [0.25, 0.3) is 0 Å². The van der Waals surface area contributed by atoms with Gasteiger partial charge in [-0.2, -0.15) is 0 Å². The molecule has 1 atom stereocenters. The fourth-order valence-electron chi connectivity index (χ4n) is 3.80. The Hall–Kier alpha value is -2.44. The molecule has 6 nitrogen and oxygen atoms in total. The maximum atomic E-state index is 13.0. The minimum atomic E-state index is -0.401. The second-order valence-electron chi connectivity index (χ2n) is 6.88. The fourth-order valence-corrected chi connectivity index (χ4v) is 3.97. The summed E-state index contributed by atoms with van der Waals surface area (Å²) >= 11 is 6.18. The van der Waals surface area contributed by atoms with Gasteiger partial charge in [0.25, 0.3) is 5.91 Å². The van der Waals surface area contributed by atoms with E-state index in [2.05, 4.69) is 14.8 Å². The van der Waals surface area contributed by atoms with Crippen LogP contribution in [-0.2, 0) is 9.59 Å². The van der Waals surface area contributed by atoms with Crippen molar-refractivity contribution >= 4 is 34.9 Å². The molecule has 1 aromatic heterocycles. The van der Waals surface area contributed by atoms with Crippen LogP contribution in [-0.4, -0.2) is 53.9 Å². The number of amides is 2. The van der Waals surface area contributed by atoms with Gasteiger partial charge < -0.3 is 4.90 Å². The first kappa shape index (κ1) is 17.9. The number of rotatable bonds is 3. The van der Waals surface area contributed by atoms with Gasteiger partial charge in [0.15, 0.2) is 0 Å². The lowest BCUT2D eigenvalue weighted by atomic mass is 10.1. The lowest BCUT2D eigenvalue weighted by Crippen LogP contribution is -2.52. The Bertz CT molecular complexity index is 866. The monoisotopic (exact) mass is 384 g/mol. The van der Waals surface area contributed by atoms with Crippen LogP contribution in [0.15, 0.2) is 42.6 Å². The molecule has 2 saturated heterocycles. The maximum absolute atomic E-state index is 13.0. The highest BCUT2D eigenvalue weighted by atomic mass is 35.5. The van der Waals surface area contributed by atoms with Crippen LogP contribution in [0.2, 0.25) is 5.02 Å². The molecule has 27 heavy (non-hydrogen) atoms. The van der Waals surface area contributed by atoms with E-state index in [9.17, 15) is 9.59 Å². The molecule has 0 unspecified atom stereocenters. The Morgan fingerprint density at radius 2 is 1.81 bits per heavy atom. The molecule has 1 aromatic carbocycles. The molecular formula is C20H21ClN4O2. The van der Waals surface area contributed by atoms with E-state index < -0.39 is 6.04 Å². The third-order valence-electron chi connectivity index (χ3n) is 5.33. The van der Waals surface area contributed by atoms with Crippen LogP contribution in [0.3, 0.4) is 0 Å². The molecule has 2 amide bonds. The highest BCUT2D eigenvalue weighted by Crippen LogP contribution is 2.32. The summed E-state index contributed by atoms with van der Waals surface area (Å²) in [4.78, 5) is 35.6. The summed E-state index contributed by atoms with van der Waals surface area (Å²) in [6, 6.07) is 10.8. The largest absolute Gasteiger partial charge is 0.354 e. The zero-order valence-electron chi connectivity index (χ0n) is 15.1. The van der Waals surface area contributed by atoms with E-state index in [-0.39, 0.29) is 18.2 Å². The van der Waals surface area contributed by atoms with Gasteiger partial charge in [0.05, 0.1) is 18.2 Å². The summed E-state index contributed by atoms with van der Waals surface area (Å²) in [5.74, 6) is 0.626. The zero-order chi connectivity index (χ0) is 19.0. The average Bonchev–Trinajstić information content (AvgIpc) is 2.99. The standard InChI is InChI=1S/C20H21ClN4O2/c1-14-15(21)5-4-6-16(14)25-19(26)13-17(20(25)27)23-9-11-24(12-10-23)18-7-2-3-8-22-18/h2-8,17H,9-13H2,1H3/t17-/m1/s1. The van der Waals surface area contributed by atoms with Gasteiger partial charge in [-0.1, -0.05) is 23.7 Å². The zero-order valence-corrected chi connectivity index (χ0v) is 15.9. The van der Waals surface area contributed by atoms with Gasteiger partial charge in [0, 0.05) is 37.4 Å². The van der Waals surface area contributed by atoms with E-state index in [1.807, 2.05) is 25.1 Å². The van der Waals surface area contributed by atoms with E-state index in [0.29, 0.717) is 10.7 Å². The molecule has 140 valence electrons. The molecule has 2 fully saturated rings. The van der Waals surface area contributed by atoms with E-state index in [4.69, 9.17) is 11.6 Å². The van der Waals surface area contributed by atoms with Crippen molar-refractivity contribution in [1.29, 1.82) is 0 Å². The van der Waals surface area contributed by atoms with Crippen LogP contribution in [0, 0.1) is 6.92 Å². The molecule has 0 spiro atoms. The van der Waals surface area contributed by atoms with Crippen molar-refractivity contribution in [2.45, 2.75) is 19.4 Å². The second kappa shape index (κ2) is 7.29. The summed E-state index contributed by atoms with van der Waals surface area (Å²) in [5, 5.41) is 0.556. The molecule has 0 aliphatic carbocycles. The molecule has 0 bridgehead atoms. The Labute approximate surface area is 163 Å². The number of piperazine rings is 1. The Balaban J connectivity index is 1.48. The van der Waals surface area contributed by atoms with Gasteiger partial charge in [0.2, 0.25) is 5.91 Å². The predicted octanol–water partition coefficient (Wildman–Crippen LogP) is 2.50. The normalized spacial score (nSPS) is 21.2. The number of nitrogens with zero attached hydrogens (tertiary/aromatic N) is 4. The van der Waals surface area contributed by atoms with Crippen molar-refractivity contribution in [1.82, 2.24) is 9.88 Å². The van der Waals surface area contributed by atoms with E-state index in [1.54, 1.807) is 24.4 Å². The molecule has 0 saturated carbocycles. The average molecular weight is 385 g/mol. The molecule has 7 heteroatoms. The van der Waals surface area contributed by atoms with Crippen LogP contribution < -0.4 is 9.80 Å². The Kier molecular flexibility index (Phi) is 4.85. The van der Waals surface area contributed by atoms with Gasteiger partial charge in [-0.15, -0.1) is 0 Å². The number of hydrogen-bond donors (Lipinski definition) is 0. The Morgan fingerprint density at radius 3 is 2.52 bits per heavy atom. The summed E-state index contributed by atoms with van der Waals surface area (Å²) in [6.45, 7) is 4.85. The number of imide groups is 1. The number of benzene rings is 1. The quantitative estimate of drug-likeness (QED) is 0.761. The van der Waals surface area contributed by atoms with Crippen molar-refractivity contribution in [2.75, 3.05) is 36.0 Å². The van der Waals surface area contributed by atoms with Crippen LogP contribution in [0.5, 0.6) is 0 Å². The highest BCUT2D eigenvalue weighted by molar-refractivity contribution is 6.32. The van der Waals surface area contributed by atoms with Gasteiger partial charge >= 0.3 is 0 Å². The maximum Gasteiger partial charge on any atom is 0.251 e. The van der Waals surface area contributed by atoms with E-state index >= 15 is 0 Å². The van der Waals surface area contributed by atoms with Gasteiger partial charge in [-0.05, 0) is 36.8 Å². The topological polar surface area (TPSA) is 56.8 Å². The van der Waals surface area contributed by atoms with E-state index in [1.165, 1.54) is 4.90 Å². The summed E-state index contributed by atoms with van der Waals surface area (Å²) in [6.07, 6.45) is 2.00. The van der Waals surface area contributed by atoms with E-state index in [0.717, 1.165) is 37.6 Å². The Morgan fingerprint density at radius 1 is 1.04 bits per heavy atom. The van der Waals surface area contributed by atoms with Crippen LogP contribution in [0.4, 0.5) is 11.5 Å². The first-order valence-corrected chi connectivity index (χ1v) is 9.46. The minimum Gasteiger partial charge on any atom is -0.354 e. The summed E-state index contributed by atoms with van der Waals surface area (Å²) in [7, 11) is 0. The van der Waals surface area contributed by atoms with Crippen molar-refractivity contribution in [3.63, 3.8) is 0 Å². The van der Waals surface area contributed by atoms with Crippen LogP contribution >= 0.6 is 11.6 Å². The summed E-state index contributed by atoms with van der Waals surface area (Å²) in [5.41, 5.74) is 1.34. The predicted molar refractivity (Wildman–Crippen MR) is 105 cm³/mol. The molecule has 3 heterocycles. The fraction of sp³-hybridized carbons (Fsp3) is 0.350. The molecule has 0 N–H and O–H groups in total. The molecule has 4 rings (SSSR count). The summed E-state index contributed by atoms with van der Waals surface area (Å²) < 4.78 is 0. The molecule has 0 radical (unpaired) electrons. The van der Waals surface area contributed by atoms with Gasteiger partial charge in [-0.3, -0.25) is 14.5 Å². The second-order valence-corrected chi connectivity index (χ2v) is 7.29. The molecular weight excluding hydrogens is 364 g/mol. The number of pyridine rings is 1. The van der Waals surface area contributed by atoms with Gasteiger partial charge in [0.1, 0.15) is 5.82 Å². The number of hydrogen-bond acceptors (Lipinski definition) is 5. The lowest BCUT2D eigenvalue weighted by molar-refractivity contribution is -0.123. The van der Waals surface area contributed by atoms with Crippen molar-refractivity contribution in [3.05, 3.63) is 53.2 Å². The first-order valence-electron chi connectivity index (χ1n) is 9.08.